The zero-order chi connectivity index (χ0) is 10.6. The van der Waals surface area contributed by atoms with Crippen LogP contribution in [0.3, 0.4) is 0 Å². The van der Waals surface area contributed by atoms with Crippen molar-refractivity contribution >= 4 is 28.1 Å². The van der Waals surface area contributed by atoms with Gasteiger partial charge in [0.05, 0.1) is 0 Å². The molecule has 0 saturated carbocycles. The third kappa shape index (κ3) is 3.02. The van der Waals surface area contributed by atoms with E-state index in [1.165, 1.54) is 11.3 Å². The summed E-state index contributed by atoms with van der Waals surface area (Å²) < 4.78 is 0. The van der Waals surface area contributed by atoms with Crippen LogP contribution in [0.5, 0.6) is 0 Å². The number of nitrogens with zero attached hydrogens (tertiary/aromatic N) is 2. The average Bonchev–Trinajstić information content (AvgIpc) is 2.51. The molecule has 0 aromatic carbocycles. The Bertz CT molecular complexity index is 361. The quantitative estimate of drug-likeness (QED) is 0.564. The predicted octanol–water partition coefficient (Wildman–Crippen LogP) is 0.550. The fraction of sp³-hybridized carbons (Fsp3) is 0.286. The largest absolute Gasteiger partial charge is 0.479 e. The number of rotatable bonds is 4. The number of nitrogen functional groups attached to an aromatic ring is 1. The first-order valence-corrected chi connectivity index (χ1v) is 4.57. The number of carboxylic acids is 1. The minimum absolute atomic E-state index is 0.438. The van der Waals surface area contributed by atoms with Gasteiger partial charge in [-0.2, -0.15) is 0 Å². The summed E-state index contributed by atoms with van der Waals surface area (Å²) in [6.07, 6.45) is 0. The smallest absolute Gasteiger partial charge is 0.344 e. The molecule has 76 valence electrons. The van der Waals surface area contributed by atoms with Gasteiger partial charge in [0.2, 0.25) is 6.61 Å². The summed E-state index contributed by atoms with van der Waals surface area (Å²) in [6, 6.07) is 0. The number of aromatic nitrogens is 1. The van der Waals surface area contributed by atoms with Gasteiger partial charge in [-0.25, -0.2) is 9.78 Å². The Kier molecular flexibility index (Phi) is 3.41. The summed E-state index contributed by atoms with van der Waals surface area (Å²) in [5, 5.41) is 14.0. The molecule has 7 heteroatoms. The van der Waals surface area contributed by atoms with Crippen LogP contribution in [0.4, 0.5) is 5.13 Å². The first-order valence-electron chi connectivity index (χ1n) is 3.69. The van der Waals surface area contributed by atoms with E-state index in [0.717, 1.165) is 0 Å². The Morgan fingerprint density at radius 3 is 3.07 bits per heavy atom. The van der Waals surface area contributed by atoms with Gasteiger partial charge >= 0.3 is 5.97 Å². The second kappa shape index (κ2) is 4.56. The summed E-state index contributed by atoms with van der Waals surface area (Å²) in [5.74, 6) is -1.07. The maximum Gasteiger partial charge on any atom is 0.344 e. The van der Waals surface area contributed by atoms with Crippen LogP contribution in [0.25, 0.3) is 0 Å². The molecule has 1 aromatic rings. The lowest BCUT2D eigenvalue weighted by atomic mass is 10.3. The number of oxime groups is 1. The van der Waals surface area contributed by atoms with Crippen molar-refractivity contribution in [2.24, 2.45) is 5.16 Å². The lowest BCUT2D eigenvalue weighted by molar-refractivity contribution is -0.142. The van der Waals surface area contributed by atoms with Gasteiger partial charge in [0.1, 0.15) is 11.4 Å². The van der Waals surface area contributed by atoms with Crippen molar-refractivity contribution in [2.45, 2.75) is 6.92 Å². The summed E-state index contributed by atoms with van der Waals surface area (Å²) in [4.78, 5) is 18.6. The SMILES string of the molecule is CC(=NOCC(=O)O)c1csc(N)n1. The minimum atomic E-state index is -1.07. The van der Waals surface area contributed by atoms with Gasteiger partial charge in [-0.15, -0.1) is 11.3 Å². The molecular weight excluding hydrogens is 206 g/mol. The molecule has 0 unspecified atom stereocenters. The van der Waals surface area contributed by atoms with Gasteiger partial charge in [0, 0.05) is 5.38 Å². The molecule has 0 atom stereocenters. The van der Waals surface area contributed by atoms with Gasteiger partial charge in [0.25, 0.3) is 0 Å². The zero-order valence-electron chi connectivity index (χ0n) is 7.43. The van der Waals surface area contributed by atoms with E-state index in [4.69, 9.17) is 10.8 Å². The van der Waals surface area contributed by atoms with Crippen LogP contribution in [0.1, 0.15) is 12.6 Å². The van der Waals surface area contributed by atoms with Crippen molar-refractivity contribution < 1.29 is 14.7 Å². The standard InChI is InChI=1S/C7H9N3O3S/c1-4(10-13-2-6(11)12)5-3-14-7(8)9-5/h3H,2H2,1H3,(H2,8,9)(H,11,12). The number of nitrogens with two attached hydrogens (primary N) is 1. The molecule has 3 N–H and O–H groups in total. The second-order valence-corrected chi connectivity index (χ2v) is 3.30. The van der Waals surface area contributed by atoms with E-state index in [2.05, 4.69) is 15.0 Å². The van der Waals surface area contributed by atoms with Gasteiger partial charge in [0.15, 0.2) is 5.13 Å². The molecule has 0 saturated heterocycles. The molecule has 0 bridgehead atoms. The van der Waals surface area contributed by atoms with Crippen molar-refractivity contribution in [1.29, 1.82) is 0 Å². The Morgan fingerprint density at radius 1 is 1.86 bits per heavy atom. The molecule has 1 heterocycles. The maximum absolute atomic E-state index is 10.1. The van der Waals surface area contributed by atoms with Crippen LogP contribution in [0.15, 0.2) is 10.5 Å². The zero-order valence-corrected chi connectivity index (χ0v) is 8.24. The van der Waals surface area contributed by atoms with E-state index in [9.17, 15) is 4.79 Å². The van der Waals surface area contributed by atoms with Crippen molar-refractivity contribution in [3.05, 3.63) is 11.1 Å². The monoisotopic (exact) mass is 215 g/mol. The maximum atomic E-state index is 10.1. The van der Waals surface area contributed by atoms with Crippen LogP contribution in [-0.2, 0) is 9.63 Å². The lowest BCUT2D eigenvalue weighted by Crippen LogP contribution is -2.05. The van der Waals surface area contributed by atoms with Crippen LogP contribution < -0.4 is 5.73 Å². The lowest BCUT2D eigenvalue weighted by Gasteiger charge is -1.95. The molecule has 1 aromatic heterocycles. The van der Waals surface area contributed by atoms with Crippen LogP contribution in [0, 0.1) is 0 Å². The number of anilines is 1. The highest BCUT2D eigenvalue weighted by atomic mass is 32.1. The normalized spacial score (nSPS) is 11.4. The Morgan fingerprint density at radius 2 is 2.57 bits per heavy atom. The highest BCUT2D eigenvalue weighted by Crippen LogP contribution is 2.11. The minimum Gasteiger partial charge on any atom is -0.479 e. The highest BCUT2D eigenvalue weighted by Gasteiger charge is 2.03. The van der Waals surface area contributed by atoms with Crippen LogP contribution >= 0.6 is 11.3 Å². The topological polar surface area (TPSA) is 97.8 Å². The van der Waals surface area contributed by atoms with Crippen molar-refractivity contribution in [1.82, 2.24) is 4.98 Å². The molecule has 0 amide bonds. The summed E-state index contributed by atoms with van der Waals surface area (Å²) >= 11 is 1.29. The van der Waals surface area contributed by atoms with E-state index < -0.39 is 12.6 Å². The van der Waals surface area contributed by atoms with E-state index >= 15 is 0 Å². The summed E-state index contributed by atoms with van der Waals surface area (Å²) in [6.45, 7) is 1.20. The molecular formula is C7H9N3O3S. The third-order valence-electron chi connectivity index (χ3n) is 1.28. The van der Waals surface area contributed by atoms with Gasteiger partial charge in [-0.05, 0) is 6.92 Å². The van der Waals surface area contributed by atoms with Crippen molar-refractivity contribution in [3.63, 3.8) is 0 Å². The first-order chi connectivity index (χ1) is 6.59. The van der Waals surface area contributed by atoms with E-state index in [1.807, 2.05) is 0 Å². The third-order valence-corrected chi connectivity index (χ3v) is 1.96. The fourth-order valence-corrected chi connectivity index (χ4v) is 1.29. The Labute approximate surface area is 84.0 Å². The molecule has 0 radical (unpaired) electrons. The molecule has 0 aliphatic heterocycles. The second-order valence-electron chi connectivity index (χ2n) is 2.41. The molecule has 0 spiro atoms. The van der Waals surface area contributed by atoms with Crippen LogP contribution in [-0.4, -0.2) is 28.4 Å². The Balaban J connectivity index is 2.56. The van der Waals surface area contributed by atoms with Crippen molar-refractivity contribution in [2.75, 3.05) is 12.3 Å². The summed E-state index contributed by atoms with van der Waals surface area (Å²) in [7, 11) is 0. The predicted molar refractivity (Wildman–Crippen MR) is 52.3 cm³/mol. The summed E-state index contributed by atoms with van der Waals surface area (Å²) in [5.41, 5.74) is 6.51. The Hall–Kier alpha value is -1.63. The fourth-order valence-electron chi connectivity index (χ4n) is 0.685. The number of carboxylic acid groups (broad SMARTS) is 1. The number of thiazole rings is 1. The van der Waals surface area contributed by atoms with Gasteiger partial charge in [-0.3, -0.25) is 0 Å². The van der Waals surface area contributed by atoms with E-state index in [0.29, 0.717) is 16.5 Å². The molecule has 1 rings (SSSR count). The van der Waals surface area contributed by atoms with E-state index in [1.54, 1.807) is 12.3 Å². The number of carbonyl (C=O) groups is 1. The van der Waals surface area contributed by atoms with Gasteiger partial charge < -0.3 is 15.7 Å². The molecule has 0 aliphatic carbocycles. The molecule has 0 aliphatic rings. The molecule has 0 fully saturated rings. The molecule has 14 heavy (non-hydrogen) atoms. The highest BCUT2D eigenvalue weighted by molar-refractivity contribution is 7.13. The van der Waals surface area contributed by atoms with Gasteiger partial charge in [-0.1, -0.05) is 5.16 Å². The van der Waals surface area contributed by atoms with Crippen LogP contribution in [0.2, 0.25) is 0 Å². The number of aliphatic carboxylic acids is 1. The first kappa shape index (κ1) is 10.5. The van der Waals surface area contributed by atoms with E-state index in [-0.39, 0.29) is 0 Å². The number of hydrogen-bond donors (Lipinski definition) is 2. The molecule has 6 nitrogen and oxygen atoms in total. The number of hydrogen-bond acceptors (Lipinski definition) is 6. The van der Waals surface area contributed by atoms with Crippen molar-refractivity contribution in [3.8, 4) is 0 Å². The average molecular weight is 215 g/mol.